The Balaban J connectivity index is 4.36. The number of carbonyl (C=O) groups is 1. The van der Waals surface area contributed by atoms with Gasteiger partial charge in [0.2, 0.25) is 5.91 Å². The van der Waals surface area contributed by atoms with Gasteiger partial charge in [-0.15, -0.1) is 0 Å². The summed E-state index contributed by atoms with van der Waals surface area (Å²) in [6.07, 6.45) is 4.03. The molecule has 0 aromatic rings. The van der Waals surface area contributed by atoms with E-state index in [0.29, 0.717) is 0 Å². The van der Waals surface area contributed by atoms with E-state index in [4.69, 9.17) is 0 Å². The van der Waals surface area contributed by atoms with Gasteiger partial charge in [0.25, 0.3) is 0 Å². The second-order valence-corrected chi connectivity index (χ2v) is 3.65. The van der Waals surface area contributed by atoms with Gasteiger partial charge in [0, 0.05) is 7.05 Å². The van der Waals surface area contributed by atoms with Crippen LogP contribution in [0.25, 0.3) is 0 Å². The van der Waals surface area contributed by atoms with Gasteiger partial charge in [-0.2, -0.15) is 0 Å². The lowest BCUT2D eigenvalue weighted by Crippen LogP contribution is -2.51. The van der Waals surface area contributed by atoms with E-state index in [1.165, 1.54) is 0 Å². The summed E-state index contributed by atoms with van der Waals surface area (Å²) >= 11 is 0. The molecule has 0 aromatic carbocycles. The Morgan fingerprint density at radius 3 is 2.47 bits per heavy atom. The van der Waals surface area contributed by atoms with Crippen molar-refractivity contribution in [3.8, 4) is 0 Å². The second-order valence-electron chi connectivity index (χ2n) is 3.65. The molecule has 0 aliphatic heterocycles. The normalized spacial score (nSPS) is 17.4. The number of nitrogens with one attached hydrogen (secondary N) is 2. The minimum Gasteiger partial charge on any atom is -0.391 e. The largest absolute Gasteiger partial charge is 0.391 e. The molecule has 0 saturated carbocycles. The average Bonchev–Trinajstić information content (AvgIpc) is 2.26. The number of rotatable bonds is 6. The van der Waals surface area contributed by atoms with Gasteiger partial charge in [-0.3, -0.25) is 4.79 Å². The van der Waals surface area contributed by atoms with E-state index in [2.05, 4.69) is 10.6 Å². The standard InChI is InChI=1S/C11H22N2O2/c1-5-6-7-8(2)10(14)9(12-3)11(15)13-4/h5-6,8-10,12,14H,7H2,1-4H3,(H,13,15)/b6-5+/t8?,9-,10+/m0/s1. The van der Waals surface area contributed by atoms with Gasteiger partial charge in [0.05, 0.1) is 6.10 Å². The molecule has 3 atom stereocenters. The first kappa shape index (κ1) is 14.1. The molecule has 0 radical (unpaired) electrons. The van der Waals surface area contributed by atoms with Crippen LogP contribution < -0.4 is 10.6 Å². The summed E-state index contributed by atoms with van der Waals surface area (Å²) < 4.78 is 0. The van der Waals surface area contributed by atoms with Crippen LogP contribution in [0.5, 0.6) is 0 Å². The highest BCUT2D eigenvalue weighted by Gasteiger charge is 2.27. The van der Waals surface area contributed by atoms with E-state index in [0.717, 1.165) is 6.42 Å². The SMILES string of the molecule is C/C=C/CC(C)[C@@H](O)[C@H](NC)C(=O)NC. The Labute approximate surface area is 91.8 Å². The van der Waals surface area contributed by atoms with Crippen LogP contribution in [0.2, 0.25) is 0 Å². The Kier molecular flexibility index (Phi) is 6.99. The maximum atomic E-state index is 11.4. The van der Waals surface area contributed by atoms with Gasteiger partial charge < -0.3 is 15.7 Å². The number of aliphatic hydroxyl groups is 1. The van der Waals surface area contributed by atoms with Gasteiger partial charge in [0.1, 0.15) is 6.04 Å². The van der Waals surface area contributed by atoms with Gasteiger partial charge in [-0.1, -0.05) is 19.1 Å². The van der Waals surface area contributed by atoms with Crippen molar-refractivity contribution in [2.45, 2.75) is 32.4 Å². The molecule has 88 valence electrons. The Hall–Kier alpha value is -0.870. The van der Waals surface area contributed by atoms with E-state index < -0.39 is 12.1 Å². The van der Waals surface area contributed by atoms with E-state index in [1.807, 2.05) is 26.0 Å². The third-order valence-electron chi connectivity index (χ3n) is 2.51. The molecule has 4 heteroatoms. The zero-order chi connectivity index (χ0) is 11.8. The van der Waals surface area contributed by atoms with Crippen LogP contribution in [-0.2, 0) is 4.79 Å². The third kappa shape index (κ3) is 4.44. The molecule has 0 fully saturated rings. The van der Waals surface area contributed by atoms with Crippen molar-refractivity contribution in [3.63, 3.8) is 0 Å². The minimum atomic E-state index is -0.675. The third-order valence-corrected chi connectivity index (χ3v) is 2.51. The zero-order valence-corrected chi connectivity index (χ0v) is 9.95. The summed E-state index contributed by atoms with van der Waals surface area (Å²) in [4.78, 5) is 11.4. The van der Waals surface area contributed by atoms with E-state index in [1.54, 1.807) is 14.1 Å². The molecule has 1 amide bonds. The topological polar surface area (TPSA) is 61.4 Å². The lowest BCUT2D eigenvalue weighted by atomic mass is 9.94. The molecular formula is C11H22N2O2. The molecule has 0 spiro atoms. The molecule has 0 bridgehead atoms. The van der Waals surface area contributed by atoms with Gasteiger partial charge in [-0.05, 0) is 26.3 Å². The fourth-order valence-corrected chi connectivity index (χ4v) is 1.43. The maximum Gasteiger partial charge on any atom is 0.239 e. The number of amides is 1. The highest BCUT2D eigenvalue weighted by Crippen LogP contribution is 2.12. The van der Waals surface area contributed by atoms with Crippen LogP contribution >= 0.6 is 0 Å². The highest BCUT2D eigenvalue weighted by atomic mass is 16.3. The molecule has 0 aliphatic carbocycles. The lowest BCUT2D eigenvalue weighted by molar-refractivity contribution is -0.126. The van der Waals surface area contributed by atoms with Crippen molar-refractivity contribution < 1.29 is 9.90 Å². The lowest BCUT2D eigenvalue weighted by Gasteiger charge is -2.25. The first-order chi connectivity index (χ1) is 7.08. The second kappa shape index (κ2) is 7.43. The smallest absolute Gasteiger partial charge is 0.239 e. The Bertz CT molecular complexity index is 217. The van der Waals surface area contributed by atoms with Crippen LogP contribution in [0.3, 0.4) is 0 Å². The van der Waals surface area contributed by atoms with E-state index in [9.17, 15) is 9.90 Å². The average molecular weight is 214 g/mol. The highest BCUT2D eigenvalue weighted by molar-refractivity contribution is 5.82. The maximum absolute atomic E-state index is 11.4. The molecular weight excluding hydrogens is 192 g/mol. The van der Waals surface area contributed by atoms with Crippen LogP contribution in [0.4, 0.5) is 0 Å². The van der Waals surface area contributed by atoms with Gasteiger partial charge in [0.15, 0.2) is 0 Å². The predicted molar refractivity (Wildman–Crippen MR) is 61.5 cm³/mol. The molecule has 15 heavy (non-hydrogen) atoms. The summed E-state index contributed by atoms with van der Waals surface area (Å²) in [6, 6.07) is -0.546. The predicted octanol–water partition coefficient (Wildman–Crippen LogP) is 0.284. The number of allylic oxidation sites excluding steroid dienone is 2. The van der Waals surface area contributed by atoms with Gasteiger partial charge in [-0.25, -0.2) is 0 Å². The van der Waals surface area contributed by atoms with Crippen molar-refractivity contribution in [2.75, 3.05) is 14.1 Å². The number of hydrogen-bond donors (Lipinski definition) is 3. The molecule has 0 aliphatic rings. The van der Waals surface area contributed by atoms with Crippen LogP contribution in [-0.4, -0.2) is 37.3 Å². The molecule has 0 aromatic heterocycles. The zero-order valence-electron chi connectivity index (χ0n) is 9.95. The molecule has 1 unspecified atom stereocenters. The van der Waals surface area contributed by atoms with E-state index in [-0.39, 0.29) is 11.8 Å². The Morgan fingerprint density at radius 1 is 1.47 bits per heavy atom. The summed E-state index contributed by atoms with van der Waals surface area (Å²) in [5.74, 6) is -0.131. The van der Waals surface area contributed by atoms with Crippen LogP contribution in [0.15, 0.2) is 12.2 Å². The monoisotopic (exact) mass is 214 g/mol. The molecule has 0 heterocycles. The van der Waals surface area contributed by atoms with E-state index >= 15 is 0 Å². The minimum absolute atomic E-state index is 0.0518. The van der Waals surface area contributed by atoms with Crippen LogP contribution in [0, 0.1) is 5.92 Å². The Morgan fingerprint density at radius 2 is 2.07 bits per heavy atom. The molecule has 0 saturated heterocycles. The summed E-state index contributed by atoms with van der Waals surface area (Å²) in [7, 11) is 3.24. The number of hydrogen-bond acceptors (Lipinski definition) is 3. The fraction of sp³-hybridized carbons (Fsp3) is 0.727. The van der Waals surface area contributed by atoms with Crippen molar-refractivity contribution in [1.29, 1.82) is 0 Å². The number of likely N-dealkylation sites (N-methyl/N-ethyl adjacent to an activating group) is 2. The van der Waals surface area contributed by atoms with Crippen molar-refractivity contribution in [3.05, 3.63) is 12.2 Å². The summed E-state index contributed by atoms with van der Waals surface area (Å²) in [5, 5.41) is 15.3. The summed E-state index contributed by atoms with van der Waals surface area (Å²) in [5.41, 5.74) is 0. The quantitative estimate of drug-likeness (QED) is 0.557. The molecule has 3 N–H and O–H groups in total. The number of aliphatic hydroxyl groups excluding tert-OH is 1. The van der Waals surface area contributed by atoms with Gasteiger partial charge >= 0.3 is 0 Å². The van der Waals surface area contributed by atoms with Crippen molar-refractivity contribution in [1.82, 2.24) is 10.6 Å². The summed E-state index contributed by atoms with van der Waals surface area (Å²) in [6.45, 7) is 3.87. The first-order valence-corrected chi connectivity index (χ1v) is 5.26. The number of carbonyl (C=O) groups excluding carboxylic acids is 1. The van der Waals surface area contributed by atoms with Crippen molar-refractivity contribution >= 4 is 5.91 Å². The van der Waals surface area contributed by atoms with Crippen molar-refractivity contribution in [2.24, 2.45) is 5.92 Å². The molecule has 4 nitrogen and oxygen atoms in total. The first-order valence-electron chi connectivity index (χ1n) is 5.26. The molecule has 0 rings (SSSR count). The van der Waals surface area contributed by atoms with Crippen LogP contribution in [0.1, 0.15) is 20.3 Å². The fourth-order valence-electron chi connectivity index (χ4n) is 1.43.